The summed E-state index contributed by atoms with van der Waals surface area (Å²) in [5.41, 5.74) is 0. The summed E-state index contributed by atoms with van der Waals surface area (Å²) in [5, 5.41) is 9.43. The van der Waals surface area contributed by atoms with Crippen molar-refractivity contribution in [2.24, 2.45) is 5.92 Å². The van der Waals surface area contributed by atoms with Crippen LogP contribution in [0.5, 0.6) is 0 Å². The summed E-state index contributed by atoms with van der Waals surface area (Å²) in [6.45, 7) is 8.49. The fraction of sp³-hybridized carbons (Fsp3) is 0.786. The Balaban J connectivity index is 1.63. The van der Waals surface area contributed by atoms with E-state index in [0.29, 0.717) is 12.3 Å². The molecule has 2 rings (SSSR count). The Labute approximate surface area is 109 Å². The molecule has 2 aliphatic rings. The molecule has 0 bridgehead atoms. The van der Waals surface area contributed by atoms with Crippen LogP contribution in [0.4, 0.5) is 0 Å². The first-order chi connectivity index (χ1) is 8.69. The first-order valence-electron chi connectivity index (χ1n) is 7.00. The Kier molecular flexibility index (Phi) is 4.78. The van der Waals surface area contributed by atoms with E-state index in [1.54, 1.807) is 0 Å². The lowest BCUT2D eigenvalue weighted by molar-refractivity contribution is -0.127. The fourth-order valence-electron chi connectivity index (χ4n) is 2.80. The molecule has 2 fully saturated rings. The third-order valence-electron chi connectivity index (χ3n) is 4.04. The topological polar surface area (TPSA) is 43.8 Å². The highest BCUT2D eigenvalue weighted by Crippen LogP contribution is 2.18. The molecule has 102 valence electrons. The molecule has 0 saturated carbocycles. The van der Waals surface area contributed by atoms with Crippen LogP contribution in [0.25, 0.3) is 0 Å². The summed E-state index contributed by atoms with van der Waals surface area (Å²) in [6.07, 6.45) is 5.24. The van der Waals surface area contributed by atoms with Crippen molar-refractivity contribution in [2.75, 3.05) is 32.7 Å². The van der Waals surface area contributed by atoms with Crippen molar-refractivity contribution in [1.82, 2.24) is 9.80 Å². The average molecular weight is 252 g/mol. The summed E-state index contributed by atoms with van der Waals surface area (Å²) >= 11 is 0. The third kappa shape index (κ3) is 3.56. The predicted octanol–water partition coefficient (Wildman–Crippen LogP) is 0.868. The number of carbonyl (C=O) groups is 1. The molecule has 4 heteroatoms. The maximum Gasteiger partial charge on any atom is 0.223 e. The van der Waals surface area contributed by atoms with Gasteiger partial charge >= 0.3 is 0 Å². The fourth-order valence-corrected chi connectivity index (χ4v) is 2.80. The number of aliphatic hydroxyl groups excluding tert-OH is 1. The van der Waals surface area contributed by atoms with Gasteiger partial charge in [-0.2, -0.15) is 0 Å². The van der Waals surface area contributed by atoms with Crippen LogP contribution in [0.15, 0.2) is 12.7 Å². The molecule has 2 aliphatic heterocycles. The molecule has 0 aromatic rings. The molecule has 4 nitrogen and oxygen atoms in total. The minimum atomic E-state index is -0.102. The molecule has 0 aromatic carbocycles. The van der Waals surface area contributed by atoms with E-state index in [9.17, 15) is 9.90 Å². The van der Waals surface area contributed by atoms with E-state index in [4.69, 9.17) is 0 Å². The molecule has 0 aliphatic carbocycles. The summed E-state index contributed by atoms with van der Waals surface area (Å²) in [6, 6.07) is 0. The van der Waals surface area contributed by atoms with E-state index in [1.165, 1.54) is 0 Å². The van der Waals surface area contributed by atoms with Gasteiger partial charge in [0.1, 0.15) is 0 Å². The summed E-state index contributed by atoms with van der Waals surface area (Å²) < 4.78 is 0. The van der Waals surface area contributed by atoms with Crippen LogP contribution in [0.1, 0.15) is 25.7 Å². The smallest absolute Gasteiger partial charge is 0.223 e. The monoisotopic (exact) mass is 252 g/mol. The number of carbonyl (C=O) groups excluding carboxylic acids is 1. The molecule has 2 saturated heterocycles. The average Bonchev–Trinajstić information content (AvgIpc) is 2.73. The van der Waals surface area contributed by atoms with Crippen molar-refractivity contribution < 1.29 is 9.90 Å². The number of nitrogens with zero attached hydrogens (tertiary/aromatic N) is 2. The number of piperidine rings is 1. The molecule has 2 heterocycles. The molecule has 0 radical (unpaired) electrons. The SMILES string of the molecule is C=CC1CC(=O)N(CCCN2CCC(O)CC2)C1. The van der Waals surface area contributed by atoms with Crippen LogP contribution in [-0.4, -0.2) is 59.6 Å². The maximum absolute atomic E-state index is 11.7. The largest absolute Gasteiger partial charge is 0.393 e. The molecular weight excluding hydrogens is 228 g/mol. The molecule has 1 unspecified atom stereocenters. The van der Waals surface area contributed by atoms with Gasteiger partial charge in [-0.15, -0.1) is 6.58 Å². The Morgan fingerprint density at radius 1 is 1.33 bits per heavy atom. The van der Waals surface area contributed by atoms with E-state index in [2.05, 4.69) is 11.5 Å². The molecule has 1 atom stereocenters. The molecule has 1 amide bonds. The van der Waals surface area contributed by atoms with Crippen LogP contribution in [0.3, 0.4) is 0 Å². The second kappa shape index (κ2) is 6.34. The Hall–Kier alpha value is -0.870. The van der Waals surface area contributed by atoms with Gasteiger partial charge in [-0.05, 0) is 25.8 Å². The minimum Gasteiger partial charge on any atom is -0.393 e. The quantitative estimate of drug-likeness (QED) is 0.738. The zero-order valence-corrected chi connectivity index (χ0v) is 11.1. The molecule has 0 spiro atoms. The maximum atomic E-state index is 11.7. The van der Waals surface area contributed by atoms with Crippen LogP contribution in [0, 0.1) is 5.92 Å². The van der Waals surface area contributed by atoms with Crippen molar-refractivity contribution in [3.05, 3.63) is 12.7 Å². The number of amides is 1. The standard InChI is InChI=1S/C14H24N2O2/c1-2-12-10-14(18)16(11-12)7-3-6-15-8-4-13(17)5-9-15/h2,12-13,17H,1,3-11H2. The van der Waals surface area contributed by atoms with Crippen molar-refractivity contribution in [3.63, 3.8) is 0 Å². The summed E-state index contributed by atoms with van der Waals surface area (Å²) in [5.74, 6) is 0.622. The van der Waals surface area contributed by atoms with Crippen LogP contribution in [-0.2, 0) is 4.79 Å². The van der Waals surface area contributed by atoms with Crippen LogP contribution in [0.2, 0.25) is 0 Å². The van der Waals surface area contributed by atoms with E-state index in [-0.39, 0.29) is 12.0 Å². The van der Waals surface area contributed by atoms with Gasteiger partial charge in [0, 0.05) is 38.5 Å². The van der Waals surface area contributed by atoms with Gasteiger partial charge in [0.15, 0.2) is 0 Å². The van der Waals surface area contributed by atoms with Crippen molar-refractivity contribution in [2.45, 2.75) is 31.8 Å². The number of hydrogen-bond donors (Lipinski definition) is 1. The third-order valence-corrected chi connectivity index (χ3v) is 4.04. The molecule has 0 aromatic heterocycles. The highest BCUT2D eigenvalue weighted by Gasteiger charge is 2.27. The predicted molar refractivity (Wildman–Crippen MR) is 71.2 cm³/mol. The zero-order valence-electron chi connectivity index (χ0n) is 11.1. The van der Waals surface area contributed by atoms with E-state index >= 15 is 0 Å². The summed E-state index contributed by atoms with van der Waals surface area (Å²) in [4.78, 5) is 16.1. The second-order valence-corrected chi connectivity index (χ2v) is 5.47. The van der Waals surface area contributed by atoms with E-state index in [1.807, 2.05) is 11.0 Å². The normalized spacial score (nSPS) is 26.8. The van der Waals surface area contributed by atoms with Gasteiger partial charge in [-0.25, -0.2) is 0 Å². The van der Waals surface area contributed by atoms with E-state index in [0.717, 1.165) is 52.0 Å². The second-order valence-electron chi connectivity index (χ2n) is 5.47. The van der Waals surface area contributed by atoms with Gasteiger partial charge in [-0.3, -0.25) is 4.79 Å². The van der Waals surface area contributed by atoms with Gasteiger partial charge < -0.3 is 14.9 Å². The first-order valence-corrected chi connectivity index (χ1v) is 7.00. The van der Waals surface area contributed by atoms with Crippen molar-refractivity contribution >= 4 is 5.91 Å². The zero-order chi connectivity index (χ0) is 13.0. The lowest BCUT2D eigenvalue weighted by atomic mass is 10.1. The highest BCUT2D eigenvalue weighted by atomic mass is 16.3. The highest BCUT2D eigenvalue weighted by molar-refractivity contribution is 5.78. The van der Waals surface area contributed by atoms with Crippen LogP contribution >= 0.6 is 0 Å². The Morgan fingerprint density at radius 3 is 2.67 bits per heavy atom. The van der Waals surface area contributed by atoms with Gasteiger partial charge in [0.25, 0.3) is 0 Å². The number of hydrogen-bond acceptors (Lipinski definition) is 3. The molecule has 1 N–H and O–H groups in total. The Morgan fingerprint density at radius 2 is 2.06 bits per heavy atom. The first kappa shape index (κ1) is 13.6. The van der Waals surface area contributed by atoms with Gasteiger partial charge in [0.2, 0.25) is 5.91 Å². The van der Waals surface area contributed by atoms with Crippen molar-refractivity contribution in [1.29, 1.82) is 0 Å². The number of aliphatic hydroxyl groups is 1. The lowest BCUT2D eigenvalue weighted by Gasteiger charge is -2.30. The molecule has 18 heavy (non-hydrogen) atoms. The molecular formula is C14H24N2O2. The summed E-state index contributed by atoms with van der Waals surface area (Å²) in [7, 11) is 0. The minimum absolute atomic E-state index is 0.102. The van der Waals surface area contributed by atoms with Crippen LogP contribution < -0.4 is 0 Å². The van der Waals surface area contributed by atoms with Crippen molar-refractivity contribution in [3.8, 4) is 0 Å². The Bertz CT molecular complexity index is 298. The van der Waals surface area contributed by atoms with E-state index < -0.39 is 0 Å². The lowest BCUT2D eigenvalue weighted by Crippen LogP contribution is -2.37. The number of likely N-dealkylation sites (tertiary alicyclic amines) is 2. The van der Waals surface area contributed by atoms with Gasteiger partial charge in [0.05, 0.1) is 6.10 Å². The number of rotatable bonds is 5. The van der Waals surface area contributed by atoms with Gasteiger partial charge in [-0.1, -0.05) is 6.08 Å².